The number of aryl methyl sites for hydroxylation is 1. The Labute approximate surface area is 139 Å². The molecule has 1 aliphatic heterocycles. The van der Waals surface area contributed by atoms with Gasteiger partial charge in [0, 0.05) is 24.3 Å². The number of nitrogens with zero attached hydrogens (tertiary/aromatic N) is 2. The zero-order valence-corrected chi connectivity index (χ0v) is 14.1. The fourth-order valence-electron chi connectivity index (χ4n) is 3.25. The van der Waals surface area contributed by atoms with Crippen molar-refractivity contribution >= 4 is 11.4 Å². The molecule has 0 atom stereocenters. The number of anilines is 2. The Morgan fingerprint density at radius 3 is 2.41 bits per heavy atom. The Bertz CT molecular complexity index is 465. The maximum Gasteiger partial charge on any atom is 0.102 e. The standard InChI is InChI=1S/C16H28N3O2.ClH/c1-14-13-15(3-4-16(14)17)18-5-2-7-19(8-6-18,9-11-20)10-12-21;/h3-4,13,20-21H,2,5-12,17H2,1H3;1H/q+1;/p-1. The highest BCUT2D eigenvalue weighted by Gasteiger charge is 2.29. The van der Waals surface area contributed by atoms with Gasteiger partial charge in [-0.25, -0.2) is 0 Å². The molecule has 6 heteroatoms. The molecule has 0 aliphatic carbocycles. The molecular formula is C16H28ClN3O2. The van der Waals surface area contributed by atoms with Gasteiger partial charge < -0.3 is 37.7 Å². The highest BCUT2D eigenvalue weighted by Crippen LogP contribution is 2.23. The molecule has 4 N–H and O–H groups in total. The minimum Gasteiger partial charge on any atom is -1.00 e. The maximum absolute atomic E-state index is 9.33. The number of aliphatic hydroxyl groups excluding tert-OH is 2. The van der Waals surface area contributed by atoms with Crippen molar-refractivity contribution in [1.29, 1.82) is 0 Å². The summed E-state index contributed by atoms with van der Waals surface area (Å²) >= 11 is 0. The molecule has 0 spiro atoms. The molecular weight excluding hydrogens is 302 g/mol. The van der Waals surface area contributed by atoms with E-state index in [4.69, 9.17) is 5.73 Å². The van der Waals surface area contributed by atoms with Crippen LogP contribution in [0.15, 0.2) is 18.2 Å². The Morgan fingerprint density at radius 2 is 1.82 bits per heavy atom. The quantitative estimate of drug-likeness (QED) is 0.416. The third-order valence-electron chi connectivity index (χ3n) is 4.67. The van der Waals surface area contributed by atoms with Crippen LogP contribution in [0.1, 0.15) is 12.0 Å². The Balaban J connectivity index is 0.00000242. The summed E-state index contributed by atoms with van der Waals surface area (Å²) in [5.74, 6) is 0. The van der Waals surface area contributed by atoms with Crippen molar-refractivity contribution in [1.82, 2.24) is 0 Å². The van der Waals surface area contributed by atoms with E-state index in [1.165, 1.54) is 5.69 Å². The van der Waals surface area contributed by atoms with E-state index < -0.39 is 0 Å². The van der Waals surface area contributed by atoms with Gasteiger partial charge >= 0.3 is 0 Å². The average Bonchev–Trinajstić information content (AvgIpc) is 2.66. The normalized spacial score (nSPS) is 17.7. The molecule has 0 saturated carbocycles. The second-order valence-corrected chi connectivity index (χ2v) is 6.06. The lowest BCUT2D eigenvalue weighted by atomic mass is 10.1. The minimum absolute atomic E-state index is 0. The van der Waals surface area contributed by atoms with E-state index in [1.54, 1.807) is 0 Å². The van der Waals surface area contributed by atoms with E-state index in [2.05, 4.69) is 17.0 Å². The summed E-state index contributed by atoms with van der Waals surface area (Å²) in [5.41, 5.74) is 9.06. The van der Waals surface area contributed by atoms with Gasteiger partial charge in [0.25, 0.3) is 0 Å². The van der Waals surface area contributed by atoms with Crippen LogP contribution in [0.4, 0.5) is 11.4 Å². The molecule has 0 amide bonds. The number of quaternary nitrogens is 1. The van der Waals surface area contributed by atoms with Gasteiger partial charge in [0.15, 0.2) is 0 Å². The molecule has 126 valence electrons. The molecule has 22 heavy (non-hydrogen) atoms. The van der Waals surface area contributed by atoms with Gasteiger partial charge in [-0.3, -0.25) is 0 Å². The van der Waals surface area contributed by atoms with E-state index in [1.807, 2.05) is 13.0 Å². The first kappa shape index (κ1) is 19.0. The lowest BCUT2D eigenvalue weighted by molar-refractivity contribution is -0.926. The molecule has 1 heterocycles. The zero-order chi connectivity index (χ0) is 15.3. The van der Waals surface area contributed by atoms with Crippen LogP contribution < -0.4 is 23.0 Å². The number of hydrogen-bond acceptors (Lipinski definition) is 4. The van der Waals surface area contributed by atoms with E-state index in [0.29, 0.717) is 0 Å². The third-order valence-corrected chi connectivity index (χ3v) is 4.67. The van der Waals surface area contributed by atoms with Gasteiger partial charge in [-0.2, -0.15) is 0 Å². The Morgan fingerprint density at radius 1 is 1.14 bits per heavy atom. The molecule has 0 aromatic heterocycles. The van der Waals surface area contributed by atoms with Crippen LogP contribution in [0.3, 0.4) is 0 Å². The van der Waals surface area contributed by atoms with Crippen molar-refractivity contribution < 1.29 is 27.1 Å². The summed E-state index contributed by atoms with van der Waals surface area (Å²) in [6.45, 7) is 7.81. The monoisotopic (exact) mass is 329 g/mol. The highest BCUT2D eigenvalue weighted by atomic mass is 35.5. The van der Waals surface area contributed by atoms with Crippen molar-refractivity contribution in [3.8, 4) is 0 Å². The van der Waals surface area contributed by atoms with Gasteiger partial charge in [-0.1, -0.05) is 0 Å². The molecule has 1 fully saturated rings. The summed E-state index contributed by atoms with van der Waals surface area (Å²) in [5, 5.41) is 18.7. The molecule has 2 rings (SSSR count). The molecule has 1 aromatic rings. The van der Waals surface area contributed by atoms with E-state index in [-0.39, 0.29) is 25.6 Å². The van der Waals surface area contributed by atoms with Crippen molar-refractivity contribution in [2.45, 2.75) is 13.3 Å². The molecule has 0 unspecified atom stereocenters. The smallest absolute Gasteiger partial charge is 0.102 e. The van der Waals surface area contributed by atoms with Crippen LogP contribution >= 0.6 is 0 Å². The van der Waals surface area contributed by atoms with Crippen molar-refractivity contribution in [3.63, 3.8) is 0 Å². The maximum atomic E-state index is 9.33. The Hall–Kier alpha value is -1.01. The molecule has 0 radical (unpaired) electrons. The number of nitrogen functional groups attached to an aromatic ring is 1. The predicted molar refractivity (Wildman–Crippen MR) is 86.3 cm³/mol. The summed E-state index contributed by atoms with van der Waals surface area (Å²) in [7, 11) is 0. The van der Waals surface area contributed by atoms with Crippen LogP contribution in [0, 0.1) is 6.92 Å². The van der Waals surface area contributed by atoms with Crippen LogP contribution in [-0.4, -0.2) is 67.2 Å². The van der Waals surface area contributed by atoms with Gasteiger partial charge in [-0.05, 0) is 30.7 Å². The lowest BCUT2D eigenvalue weighted by Crippen LogP contribution is -3.00. The topological polar surface area (TPSA) is 69.7 Å². The van der Waals surface area contributed by atoms with Crippen LogP contribution in [0.25, 0.3) is 0 Å². The van der Waals surface area contributed by atoms with E-state index >= 15 is 0 Å². The number of aliphatic hydroxyl groups is 2. The summed E-state index contributed by atoms with van der Waals surface area (Å²) in [6.07, 6.45) is 1.07. The van der Waals surface area contributed by atoms with Gasteiger partial charge in [0.05, 0.1) is 32.8 Å². The molecule has 1 aromatic carbocycles. The molecule has 1 saturated heterocycles. The fraction of sp³-hybridized carbons (Fsp3) is 0.625. The summed E-state index contributed by atoms with van der Waals surface area (Å²) < 4.78 is 0.817. The van der Waals surface area contributed by atoms with Crippen molar-refractivity contribution in [3.05, 3.63) is 23.8 Å². The van der Waals surface area contributed by atoms with Crippen LogP contribution in [0.2, 0.25) is 0 Å². The van der Waals surface area contributed by atoms with Gasteiger partial charge in [0.1, 0.15) is 13.1 Å². The number of hydrogen-bond donors (Lipinski definition) is 3. The van der Waals surface area contributed by atoms with E-state index in [0.717, 1.165) is 61.4 Å². The van der Waals surface area contributed by atoms with Crippen molar-refractivity contribution in [2.24, 2.45) is 0 Å². The molecule has 1 aliphatic rings. The zero-order valence-electron chi connectivity index (χ0n) is 13.3. The molecule has 5 nitrogen and oxygen atoms in total. The highest BCUT2D eigenvalue weighted by molar-refractivity contribution is 5.58. The number of nitrogens with two attached hydrogens (primary N) is 1. The number of rotatable bonds is 5. The number of halogens is 1. The largest absolute Gasteiger partial charge is 1.00 e. The van der Waals surface area contributed by atoms with E-state index in [9.17, 15) is 10.2 Å². The Kier molecular flexibility index (Phi) is 7.42. The van der Waals surface area contributed by atoms with Crippen LogP contribution in [0.5, 0.6) is 0 Å². The summed E-state index contributed by atoms with van der Waals surface area (Å²) in [6, 6.07) is 6.20. The van der Waals surface area contributed by atoms with Gasteiger partial charge in [-0.15, -0.1) is 0 Å². The van der Waals surface area contributed by atoms with Crippen molar-refractivity contribution in [2.75, 3.05) is 63.1 Å². The van der Waals surface area contributed by atoms with Crippen LogP contribution in [-0.2, 0) is 0 Å². The predicted octanol–water partition coefficient (Wildman–Crippen LogP) is -2.41. The average molecular weight is 330 g/mol. The fourth-order valence-corrected chi connectivity index (χ4v) is 3.25. The second kappa shape index (κ2) is 8.58. The first-order chi connectivity index (χ1) is 10.1. The third kappa shape index (κ3) is 4.49. The SMILES string of the molecule is Cc1cc(N2CCC[N+](CCO)(CCO)CC2)ccc1N.[Cl-]. The minimum atomic E-state index is 0. The molecule has 0 bridgehead atoms. The number of benzene rings is 1. The van der Waals surface area contributed by atoms with Gasteiger partial charge in [0.2, 0.25) is 0 Å². The first-order valence-electron chi connectivity index (χ1n) is 7.78. The summed E-state index contributed by atoms with van der Waals surface area (Å²) in [4.78, 5) is 2.39. The first-order valence-corrected chi connectivity index (χ1v) is 7.78. The second-order valence-electron chi connectivity index (χ2n) is 6.06. The lowest BCUT2D eigenvalue weighted by Gasteiger charge is -2.36.